The first-order valence-electron chi connectivity index (χ1n) is 13.9. The van der Waals surface area contributed by atoms with Crippen molar-refractivity contribution < 1.29 is 28.6 Å². The Kier molecular flexibility index (Phi) is 8.01. The number of aromatic nitrogens is 1. The smallest absolute Gasteiger partial charge is 0.407 e. The highest BCUT2D eigenvalue weighted by Gasteiger charge is 2.34. The van der Waals surface area contributed by atoms with Gasteiger partial charge in [0.25, 0.3) is 0 Å². The molecule has 0 aliphatic heterocycles. The molecule has 2 saturated carbocycles. The van der Waals surface area contributed by atoms with Crippen molar-refractivity contribution in [2.45, 2.75) is 77.0 Å². The molecule has 5 rings (SSSR count). The number of aromatic hydroxyl groups is 1. The zero-order chi connectivity index (χ0) is 29.5. The van der Waals surface area contributed by atoms with Crippen LogP contribution >= 0.6 is 11.6 Å². The van der Waals surface area contributed by atoms with Crippen LogP contribution < -0.4 is 15.4 Å². The molecule has 0 saturated heterocycles. The van der Waals surface area contributed by atoms with Crippen molar-refractivity contribution in [3.63, 3.8) is 0 Å². The molecular weight excluding hydrogens is 549 g/mol. The van der Waals surface area contributed by atoms with Crippen LogP contribution in [0, 0.1) is 11.7 Å². The van der Waals surface area contributed by atoms with E-state index in [-0.39, 0.29) is 45.9 Å². The Bertz CT molecular complexity index is 1490. The highest BCUT2D eigenvalue weighted by Crippen LogP contribution is 2.42. The number of fused-ring (bicyclic) bond motifs is 1. The molecule has 0 atom stereocenters. The molecular formula is C31H35ClFN3O5. The van der Waals surface area contributed by atoms with Crippen LogP contribution in [0.3, 0.4) is 0 Å². The van der Waals surface area contributed by atoms with E-state index in [0.717, 1.165) is 38.5 Å². The van der Waals surface area contributed by atoms with Gasteiger partial charge in [0.1, 0.15) is 11.4 Å². The van der Waals surface area contributed by atoms with Gasteiger partial charge in [-0.3, -0.25) is 9.78 Å². The summed E-state index contributed by atoms with van der Waals surface area (Å²) in [5.74, 6) is -0.615. The number of rotatable bonds is 7. The summed E-state index contributed by atoms with van der Waals surface area (Å²) in [6.45, 7) is 5.49. The first kappa shape index (κ1) is 28.9. The first-order chi connectivity index (χ1) is 19.4. The second kappa shape index (κ2) is 11.4. The summed E-state index contributed by atoms with van der Waals surface area (Å²) in [6, 6.07) is 6.05. The molecule has 2 aliphatic rings. The summed E-state index contributed by atoms with van der Waals surface area (Å²) in [5.41, 5.74) is 1.64. The van der Waals surface area contributed by atoms with Gasteiger partial charge in [0, 0.05) is 41.2 Å². The van der Waals surface area contributed by atoms with Crippen LogP contribution in [0.4, 0.5) is 14.9 Å². The van der Waals surface area contributed by atoms with Gasteiger partial charge in [0.05, 0.1) is 28.9 Å². The van der Waals surface area contributed by atoms with Crippen LogP contribution in [0.2, 0.25) is 5.02 Å². The lowest BCUT2D eigenvalue weighted by Gasteiger charge is -2.31. The average Bonchev–Trinajstić information content (AvgIpc) is 3.75. The van der Waals surface area contributed by atoms with Gasteiger partial charge in [-0.05, 0) is 83.1 Å². The van der Waals surface area contributed by atoms with Gasteiger partial charge in [0.2, 0.25) is 0 Å². The van der Waals surface area contributed by atoms with Crippen molar-refractivity contribution in [3.05, 3.63) is 46.9 Å². The fourth-order valence-corrected chi connectivity index (χ4v) is 5.50. The predicted molar refractivity (Wildman–Crippen MR) is 156 cm³/mol. The Balaban J connectivity index is 1.46. The Morgan fingerprint density at radius 2 is 1.73 bits per heavy atom. The van der Waals surface area contributed by atoms with Crippen LogP contribution in [-0.2, 0) is 4.74 Å². The van der Waals surface area contributed by atoms with E-state index in [1.165, 1.54) is 25.3 Å². The van der Waals surface area contributed by atoms with Crippen LogP contribution in [0.1, 0.15) is 69.7 Å². The summed E-state index contributed by atoms with van der Waals surface area (Å²) in [7, 11) is 1.39. The summed E-state index contributed by atoms with van der Waals surface area (Å²) >= 11 is 6.21. The zero-order valence-corrected chi connectivity index (χ0v) is 24.4. The van der Waals surface area contributed by atoms with Gasteiger partial charge < -0.3 is 25.2 Å². The minimum atomic E-state index is -0.565. The highest BCUT2D eigenvalue weighted by molar-refractivity contribution is 6.32. The van der Waals surface area contributed by atoms with E-state index in [0.29, 0.717) is 27.7 Å². The van der Waals surface area contributed by atoms with Crippen molar-refractivity contribution >= 4 is 40.1 Å². The van der Waals surface area contributed by atoms with Crippen molar-refractivity contribution in [2.75, 3.05) is 12.4 Å². The van der Waals surface area contributed by atoms with Crippen LogP contribution in [0.5, 0.6) is 11.5 Å². The molecule has 0 radical (unpaired) electrons. The quantitative estimate of drug-likeness (QED) is 0.251. The number of phenolic OH excluding ortho intramolecular Hbond substituents is 1. The summed E-state index contributed by atoms with van der Waals surface area (Å²) in [5, 5.41) is 17.4. The van der Waals surface area contributed by atoms with E-state index in [2.05, 4.69) is 15.6 Å². The van der Waals surface area contributed by atoms with E-state index in [1.807, 2.05) is 20.8 Å². The standard InChI is InChI=1S/C31H35ClFN3O5/c1-31(2,3)41-30(39)36-19-9-7-18(8-10-19)35-27-21-13-20(17-11-23(32)29(38)26(12-17)40-4)24(33)14-25(21)34-15-22(27)28(37)16-5-6-16/h11-16,18-19,38H,5-10H2,1-4H3,(H,34,35)(H,36,39). The number of nitrogens with one attached hydrogen (secondary N) is 2. The zero-order valence-electron chi connectivity index (χ0n) is 23.6. The largest absolute Gasteiger partial charge is 0.503 e. The first-order valence-corrected chi connectivity index (χ1v) is 14.3. The molecule has 10 heteroatoms. The third-order valence-corrected chi connectivity index (χ3v) is 7.81. The molecule has 41 heavy (non-hydrogen) atoms. The summed E-state index contributed by atoms with van der Waals surface area (Å²) in [6.07, 6.45) is 5.83. The number of methoxy groups -OCH3 is 1. The lowest BCUT2D eigenvalue weighted by Crippen LogP contribution is -2.42. The number of carbonyl (C=O) groups excluding carboxylic acids is 2. The molecule has 1 aromatic heterocycles. The number of phenols is 1. The third-order valence-electron chi connectivity index (χ3n) is 7.53. The summed E-state index contributed by atoms with van der Waals surface area (Å²) in [4.78, 5) is 30.0. The van der Waals surface area contributed by atoms with E-state index in [9.17, 15) is 14.7 Å². The fourth-order valence-electron chi connectivity index (χ4n) is 5.29. The second-order valence-corrected chi connectivity index (χ2v) is 12.3. The molecule has 0 unspecified atom stereocenters. The Morgan fingerprint density at radius 1 is 1.05 bits per heavy atom. The lowest BCUT2D eigenvalue weighted by atomic mass is 9.90. The average molecular weight is 584 g/mol. The maximum absolute atomic E-state index is 15.4. The molecule has 2 fully saturated rings. The van der Waals surface area contributed by atoms with Crippen molar-refractivity contribution in [1.82, 2.24) is 10.3 Å². The molecule has 3 N–H and O–H groups in total. The molecule has 8 nitrogen and oxygen atoms in total. The molecule has 0 bridgehead atoms. The van der Waals surface area contributed by atoms with Gasteiger partial charge in [-0.15, -0.1) is 0 Å². The molecule has 0 spiro atoms. The van der Waals surface area contributed by atoms with Gasteiger partial charge in [-0.25, -0.2) is 9.18 Å². The number of amides is 1. The molecule has 1 amide bonds. The number of halogens is 2. The van der Waals surface area contributed by atoms with E-state index >= 15 is 4.39 Å². The molecule has 2 aromatic carbocycles. The number of ketones is 1. The van der Waals surface area contributed by atoms with Crippen LogP contribution in [0.15, 0.2) is 30.5 Å². The third kappa shape index (κ3) is 6.50. The van der Waals surface area contributed by atoms with Gasteiger partial charge >= 0.3 is 6.09 Å². The Labute approximate surface area is 243 Å². The Hall–Kier alpha value is -3.59. The fraction of sp³-hybridized carbons (Fsp3) is 0.452. The number of pyridine rings is 1. The van der Waals surface area contributed by atoms with Crippen molar-refractivity contribution in [2.24, 2.45) is 5.92 Å². The number of benzene rings is 2. The topological polar surface area (TPSA) is 110 Å². The monoisotopic (exact) mass is 583 g/mol. The molecule has 2 aliphatic carbocycles. The molecule has 1 heterocycles. The lowest BCUT2D eigenvalue weighted by molar-refractivity contribution is 0.0492. The molecule has 218 valence electrons. The van der Waals surface area contributed by atoms with E-state index in [1.54, 1.807) is 12.3 Å². The number of alkyl carbamates (subject to hydrolysis) is 1. The van der Waals surface area contributed by atoms with Crippen LogP contribution in [0.25, 0.3) is 22.0 Å². The predicted octanol–water partition coefficient (Wildman–Crippen LogP) is 7.25. The second-order valence-electron chi connectivity index (χ2n) is 11.9. The number of ether oxygens (including phenoxy) is 2. The van der Waals surface area contributed by atoms with Gasteiger partial charge in [-0.2, -0.15) is 0 Å². The summed E-state index contributed by atoms with van der Waals surface area (Å²) < 4.78 is 26.0. The van der Waals surface area contributed by atoms with Crippen LogP contribution in [-0.4, -0.2) is 46.8 Å². The number of Topliss-reactive ketones (excluding diaryl/α,β-unsaturated/α-hetero) is 1. The maximum Gasteiger partial charge on any atom is 0.407 e. The minimum absolute atomic E-state index is 0.000394. The number of carbonyl (C=O) groups is 2. The molecule has 3 aromatic rings. The van der Waals surface area contributed by atoms with Gasteiger partial charge in [-0.1, -0.05) is 11.6 Å². The Morgan fingerprint density at radius 3 is 2.37 bits per heavy atom. The highest BCUT2D eigenvalue weighted by atomic mass is 35.5. The maximum atomic E-state index is 15.4. The normalized spacial score (nSPS) is 19.1. The number of hydrogen-bond donors (Lipinski definition) is 3. The minimum Gasteiger partial charge on any atom is -0.503 e. The number of hydrogen-bond acceptors (Lipinski definition) is 7. The number of anilines is 1. The van der Waals surface area contributed by atoms with E-state index in [4.69, 9.17) is 21.1 Å². The van der Waals surface area contributed by atoms with Gasteiger partial charge in [0.15, 0.2) is 17.3 Å². The van der Waals surface area contributed by atoms with Crippen molar-refractivity contribution in [1.29, 1.82) is 0 Å². The SMILES string of the molecule is COc1cc(-c2cc3c(NC4CCC(NC(=O)OC(C)(C)C)CC4)c(C(=O)C4CC4)cnc3cc2F)cc(Cl)c1O. The number of nitrogens with zero attached hydrogens (tertiary/aromatic N) is 1. The van der Waals surface area contributed by atoms with E-state index < -0.39 is 17.5 Å². The van der Waals surface area contributed by atoms with Crippen molar-refractivity contribution in [3.8, 4) is 22.6 Å².